The highest BCUT2D eigenvalue weighted by Gasteiger charge is 2.16. The molecule has 0 bridgehead atoms. The Morgan fingerprint density at radius 2 is 1.68 bits per heavy atom. The van der Waals surface area contributed by atoms with Gasteiger partial charge >= 0.3 is 0 Å². The van der Waals surface area contributed by atoms with Gasteiger partial charge in [0.1, 0.15) is 0 Å². The summed E-state index contributed by atoms with van der Waals surface area (Å²) in [4.78, 5) is 15.0. The number of anilines is 3. The van der Waals surface area contributed by atoms with Crippen molar-refractivity contribution in [1.82, 2.24) is 15.0 Å². The Bertz CT molecular complexity index is 407. The van der Waals surface area contributed by atoms with Gasteiger partial charge in [0.2, 0.25) is 17.8 Å². The maximum absolute atomic E-state index is 4.40. The first-order valence-electron chi connectivity index (χ1n) is 6.34. The van der Waals surface area contributed by atoms with Gasteiger partial charge in [-0.05, 0) is 27.0 Å². The van der Waals surface area contributed by atoms with Crippen LogP contribution in [0.4, 0.5) is 17.8 Å². The molecule has 1 aromatic heterocycles. The van der Waals surface area contributed by atoms with Crippen molar-refractivity contribution in [2.75, 3.05) is 49.0 Å². The van der Waals surface area contributed by atoms with E-state index in [1.54, 1.807) is 0 Å². The van der Waals surface area contributed by atoms with E-state index in [0.717, 1.165) is 13.1 Å². The Balaban J connectivity index is 2.87. The summed E-state index contributed by atoms with van der Waals surface area (Å²) in [5, 5.41) is 6.40. The van der Waals surface area contributed by atoms with Gasteiger partial charge in [-0.1, -0.05) is 0 Å². The highest BCUT2D eigenvalue weighted by Crippen LogP contribution is 2.21. The van der Waals surface area contributed by atoms with Gasteiger partial charge in [-0.15, -0.1) is 0 Å². The largest absolute Gasteiger partial charge is 0.354 e. The molecule has 0 saturated heterocycles. The van der Waals surface area contributed by atoms with E-state index in [1.807, 2.05) is 37.7 Å². The minimum Gasteiger partial charge on any atom is -0.354 e. The van der Waals surface area contributed by atoms with Crippen molar-refractivity contribution in [2.24, 2.45) is 0 Å². The molecule has 1 heterocycles. The predicted octanol–water partition coefficient (Wildman–Crippen LogP) is 1.92. The molecule has 1 rings (SSSR count). The van der Waals surface area contributed by atoms with Crippen LogP contribution in [0.1, 0.15) is 20.8 Å². The molecule has 0 spiro atoms. The summed E-state index contributed by atoms with van der Waals surface area (Å²) < 4.78 is 0.142. The van der Waals surface area contributed by atoms with Gasteiger partial charge in [-0.2, -0.15) is 26.7 Å². The van der Waals surface area contributed by atoms with E-state index >= 15 is 0 Å². The summed E-state index contributed by atoms with van der Waals surface area (Å²) in [6, 6.07) is 0. The van der Waals surface area contributed by atoms with E-state index in [2.05, 4.69) is 45.7 Å². The third kappa shape index (κ3) is 5.10. The fourth-order valence-corrected chi connectivity index (χ4v) is 1.46. The van der Waals surface area contributed by atoms with Crippen LogP contribution in [0.5, 0.6) is 0 Å². The van der Waals surface area contributed by atoms with Crippen LogP contribution in [0.2, 0.25) is 0 Å². The summed E-state index contributed by atoms with van der Waals surface area (Å²) in [7, 11) is 3.83. The van der Waals surface area contributed by atoms with Gasteiger partial charge in [0.25, 0.3) is 0 Å². The van der Waals surface area contributed by atoms with Gasteiger partial charge in [-0.25, -0.2) is 0 Å². The highest BCUT2D eigenvalue weighted by atomic mass is 32.2. The standard InChI is InChI=1S/C12H24N6S/c1-7-13-9-15-10(14-8-12(2,3)19-6)17-11(16-9)18(4)5/h7-8H2,1-6H3,(H2,13,14,15,16,17). The van der Waals surface area contributed by atoms with Crippen LogP contribution in [-0.4, -0.2) is 53.1 Å². The smallest absolute Gasteiger partial charge is 0.231 e. The summed E-state index contributed by atoms with van der Waals surface area (Å²) in [6.07, 6.45) is 2.10. The van der Waals surface area contributed by atoms with Crippen molar-refractivity contribution < 1.29 is 0 Å². The van der Waals surface area contributed by atoms with Crippen LogP contribution in [0.25, 0.3) is 0 Å². The number of hydrogen-bond acceptors (Lipinski definition) is 7. The maximum Gasteiger partial charge on any atom is 0.231 e. The van der Waals surface area contributed by atoms with Crippen molar-refractivity contribution in [2.45, 2.75) is 25.5 Å². The number of nitrogens with one attached hydrogen (secondary N) is 2. The van der Waals surface area contributed by atoms with Crippen molar-refractivity contribution in [3.8, 4) is 0 Å². The first-order valence-corrected chi connectivity index (χ1v) is 7.56. The number of hydrogen-bond donors (Lipinski definition) is 2. The second-order valence-electron chi connectivity index (χ2n) is 5.02. The zero-order chi connectivity index (χ0) is 14.5. The lowest BCUT2D eigenvalue weighted by molar-refractivity contribution is 0.745. The highest BCUT2D eigenvalue weighted by molar-refractivity contribution is 7.99. The van der Waals surface area contributed by atoms with Crippen LogP contribution < -0.4 is 15.5 Å². The summed E-state index contributed by atoms with van der Waals surface area (Å²) in [6.45, 7) is 7.97. The van der Waals surface area contributed by atoms with Gasteiger partial charge in [0.15, 0.2) is 0 Å². The summed E-state index contributed by atoms with van der Waals surface area (Å²) in [5.74, 6) is 1.86. The molecular formula is C12H24N6S. The molecule has 7 heteroatoms. The SMILES string of the molecule is CCNc1nc(NCC(C)(C)SC)nc(N(C)C)n1. The third-order valence-electron chi connectivity index (χ3n) is 2.58. The van der Waals surface area contributed by atoms with E-state index in [0.29, 0.717) is 17.8 Å². The number of nitrogens with zero attached hydrogens (tertiary/aromatic N) is 4. The van der Waals surface area contributed by atoms with Gasteiger partial charge in [0.05, 0.1) is 0 Å². The van der Waals surface area contributed by atoms with E-state index in [1.165, 1.54) is 0 Å². The average molecular weight is 284 g/mol. The molecule has 108 valence electrons. The molecule has 19 heavy (non-hydrogen) atoms. The quantitative estimate of drug-likeness (QED) is 0.793. The topological polar surface area (TPSA) is 66.0 Å². The second kappa shape index (κ2) is 6.79. The number of rotatable bonds is 7. The van der Waals surface area contributed by atoms with Crippen LogP contribution >= 0.6 is 11.8 Å². The molecule has 0 aromatic carbocycles. The Kier molecular flexibility index (Phi) is 5.65. The Hall–Kier alpha value is -1.24. The minimum atomic E-state index is 0.142. The minimum absolute atomic E-state index is 0.142. The van der Waals surface area contributed by atoms with Crippen molar-refractivity contribution in [3.63, 3.8) is 0 Å². The zero-order valence-corrected chi connectivity index (χ0v) is 13.4. The monoisotopic (exact) mass is 284 g/mol. The lowest BCUT2D eigenvalue weighted by atomic mass is 10.2. The molecule has 0 fully saturated rings. The predicted molar refractivity (Wildman–Crippen MR) is 84.4 cm³/mol. The van der Waals surface area contributed by atoms with Crippen molar-refractivity contribution in [3.05, 3.63) is 0 Å². The van der Waals surface area contributed by atoms with E-state index in [-0.39, 0.29) is 4.75 Å². The molecule has 0 atom stereocenters. The lowest BCUT2D eigenvalue weighted by Crippen LogP contribution is -2.27. The molecule has 0 aliphatic carbocycles. The van der Waals surface area contributed by atoms with Crippen LogP contribution in [0.3, 0.4) is 0 Å². The lowest BCUT2D eigenvalue weighted by Gasteiger charge is -2.22. The number of aromatic nitrogens is 3. The van der Waals surface area contributed by atoms with Crippen molar-refractivity contribution >= 4 is 29.6 Å². The van der Waals surface area contributed by atoms with Gasteiger partial charge in [0, 0.05) is 31.9 Å². The normalized spacial score (nSPS) is 11.3. The zero-order valence-electron chi connectivity index (χ0n) is 12.6. The molecule has 0 amide bonds. The molecule has 0 radical (unpaired) electrons. The first kappa shape index (κ1) is 15.8. The molecule has 0 saturated carbocycles. The van der Waals surface area contributed by atoms with Gasteiger partial charge in [-0.3, -0.25) is 0 Å². The van der Waals surface area contributed by atoms with E-state index < -0.39 is 0 Å². The molecule has 0 unspecified atom stereocenters. The molecule has 6 nitrogen and oxygen atoms in total. The third-order valence-corrected chi connectivity index (χ3v) is 3.83. The molecule has 1 aromatic rings. The van der Waals surface area contributed by atoms with Crippen LogP contribution in [0, 0.1) is 0 Å². The first-order chi connectivity index (χ1) is 8.88. The second-order valence-corrected chi connectivity index (χ2v) is 6.54. The van der Waals surface area contributed by atoms with Crippen LogP contribution in [0.15, 0.2) is 0 Å². The fourth-order valence-electron chi connectivity index (χ4n) is 1.25. The molecule has 2 N–H and O–H groups in total. The Morgan fingerprint density at radius 3 is 2.16 bits per heavy atom. The summed E-state index contributed by atoms with van der Waals surface area (Å²) in [5.41, 5.74) is 0. The number of thioether (sulfide) groups is 1. The molecule has 0 aliphatic heterocycles. The van der Waals surface area contributed by atoms with Crippen LogP contribution in [-0.2, 0) is 0 Å². The summed E-state index contributed by atoms with van der Waals surface area (Å²) >= 11 is 1.81. The average Bonchev–Trinajstić information content (AvgIpc) is 2.37. The Morgan fingerprint density at radius 1 is 1.11 bits per heavy atom. The fraction of sp³-hybridized carbons (Fsp3) is 0.750. The molecular weight excluding hydrogens is 260 g/mol. The van der Waals surface area contributed by atoms with E-state index in [4.69, 9.17) is 0 Å². The van der Waals surface area contributed by atoms with E-state index in [9.17, 15) is 0 Å². The molecule has 0 aliphatic rings. The Labute approximate surface area is 119 Å². The van der Waals surface area contributed by atoms with Crippen molar-refractivity contribution in [1.29, 1.82) is 0 Å². The van der Waals surface area contributed by atoms with Gasteiger partial charge < -0.3 is 15.5 Å². The maximum atomic E-state index is 4.40.